The largest absolute Gasteiger partial charge is 0.339 e. The van der Waals surface area contributed by atoms with Crippen LogP contribution in [0.3, 0.4) is 0 Å². The lowest BCUT2D eigenvalue weighted by Gasteiger charge is -2.35. The Labute approximate surface area is 135 Å². The molecule has 1 aromatic carbocycles. The second-order valence-corrected chi connectivity index (χ2v) is 6.27. The lowest BCUT2D eigenvalue weighted by molar-refractivity contribution is -0.143. The van der Waals surface area contributed by atoms with Gasteiger partial charge in [-0.3, -0.25) is 9.59 Å². The van der Waals surface area contributed by atoms with Gasteiger partial charge in [0.25, 0.3) is 0 Å². The topological polar surface area (TPSA) is 52.7 Å². The van der Waals surface area contributed by atoms with Crippen molar-refractivity contribution in [1.82, 2.24) is 9.80 Å². The van der Waals surface area contributed by atoms with E-state index in [0.717, 1.165) is 19.6 Å². The van der Waals surface area contributed by atoms with E-state index < -0.39 is 11.2 Å². The molecule has 1 aliphatic heterocycles. The molecule has 5 nitrogen and oxygen atoms in total. The van der Waals surface area contributed by atoms with Crippen LogP contribution in [-0.2, 0) is 9.59 Å². The fraction of sp³-hybridized carbons (Fsp3) is 0.529. The first-order valence-corrected chi connectivity index (χ1v) is 8.14. The van der Waals surface area contributed by atoms with Gasteiger partial charge in [-0.2, -0.15) is 0 Å². The van der Waals surface area contributed by atoms with Gasteiger partial charge in [0.2, 0.25) is 11.8 Å². The summed E-state index contributed by atoms with van der Waals surface area (Å²) in [6, 6.07) is 5.75. The van der Waals surface area contributed by atoms with Gasteiger partial charge in [0.15, 0.2) is 0 Å². The van der Waals surface area contributed by atoms with Crippen LogP contribution in [0.5, 0.6) is 0 Å². The lowest BCUT2D eigenvalue weighted by Crippen LogP contribution is -2.52. The number of carbonyl (C=O) groups excluding carboxylic acids is 2. The molecule has 0 unspecified atom stereocenters. The number of hydrogen-bond donors (Lipinski definition) is 1. The standard InChI is InChI=1S/C17H22FN3O2/c1-2-20-8-10-21(11-9-20)16(23)17(6-7-17)15(22)19-14-5-3-4-13(18)12-14/h3-5,12H,2,6-11H2,1H3,(H,19,22). The van der Waals surface area contributed by atoms with Gasteiger partial charge in [0.05, 0.1) is 0 Å². The molecule has 2 amide bonds. The fourth-order valence-corrected chi connectivity index (χ4v) is 3.05. The van der Waals surface area contributed by atoms with Crippen LogP contribution in [0.4, 0.5) is 10.1 Å². The number of piperazine rings is 1. The highest BCUT2D eigenvalue weighted by Crippen LogP contribution is 2.48. The predicted octanol–water partition coefficient (Wildman–Crippen LogP) is 1.71. The Morgan fingerprint density at radius 3 is 2.48 bits per heavy atom. The van der Waals surface area contributed by atoms with Crippen molar-refractivity contribution < 1.29 is 14.0 Å². The second kappa shape index (κ2) is 6.28. The maximum absolute atomic E-state index is 13.2. The zero-order chi connectivity index (χ0) is 16.4. The number of hydrogen-bond acceptors (Lipinski definition) is 3. The van der Waals surface area contributed by atoms with Crippen molar-refractivity contribution in [2.24, 2.45) is 5.41 Å². The van der Waals surface area contributed by atoms with E-state index in [-0.39, 0.29) is 11.8 Å². The van der Waals surface area contributed by atoms with Crippen LogP contribution in [0, 0.1) is 11.2 Å². The number of amides is 2. The van der Waals surface area contributed by atoms with E-state index in [4.69, 9.17) is 0 Å². The molecule has 1 saturated carbocycles. The zero-order valence-electron chi connectivity index (χ0n) is 13.3. The monoisotopic (exact) mass is 319 g/mol. The van der Waals surface area contributed by atoms with Crippen molar-refractivity contribution in [2.75, 3.05) is 38.0 Å². The third kappa shape index (κ3) is 3.22. The maximum Gasteiger partial charge on any atom is 0.240 e. The number of nitrogens with one attached hydrogen (secondary N) is 1. The molecule has 0 atom stereocenters. The van der Waals surface area contributed by atoms with Gasteiger partial charge < -0.3 is 15.1 Å². The Morgan fingerprint density at radius 2 is 1.91 bits per heavy atom. The Bertz CT molecular complexity index is 608. The summed E-state index contributed by atoms with van der Waals surface area (Å²) in [6.45, 7) is 6.12. The number of halogens is 1. The molecule has 0 spiro atoms. The highest BCUT2D eigenvalue weighted by Gasteiger charge is 2.58. The molecule has 23 heavy (non-hydrogen) atoms. The molecule has 2 fully saturated rings. The van der Waals surface area contributed by atoms with E-state index in [0.29, 0.717) is 31.6 Å². The average Bonchev–Trinajstić information content (AvgIpc) is 3.36. The molecule has 6 heteroatoms. The number of anilines is 1. The van der Waals surface area contributed by atoms with Gasteiger partial charge in [-0.25, -0.2) is 4.39 Å². The van der Waals surface area contributed by atoms with Gasteiger partial charge in [-0.1, -0.05) is 13.0 Å². The first kappa shape index (κ1) is 15.9. The summed E-state index contributed by atoms with van der Waals surface area (Å²) in [4.78, 5) is 29.4. The summed E-state index contributed by atoms with van der Waals surface area (Å²) in [5.41, 5.74) is -0.550. The summed E-state index contributed by atoms with van der Waals surface area (Å²) < 4.78 is 13.2. The highest BCUT2D eigenvalue weighted by molar-refractivity contribution is 6.13. The SMILES string of the molecule is CCN1CCN(C(=O)C2(C(=O)Nc3cccc(F)c3)CC2)CC1. The Balaban J connectivity index is 1.64. The summed E-state index contributed by atoms with van der Waals surface area (Å²) >= 11 is 0. The number of rotatable bonds is 4. The fourth-order valence-electron chi connectivity index (χ4n) is 3.05. The molecule has 1 aliphatic carbocycles. The van der Waals surface area contributed by atoms with Crippen LogP contribution >= 0.6 is 0 Å². The average molecular weight is 319 g/mol. The van der Waals surface area contributed by atoms with Crippen molar-refractivity contribution in [3.8, 4) is 0 Å². The molecule has 2 aliphatic rings. The van der Waals surface area contributed by atoms with E-state index in [2.05, 4.69) is 17.1 Å². The molecule has 0 bridgehead atoms. The van der Waals surface area contributed by atoms with E-state index in [1.807, 2.05) is 0 Å². The minimum Gasteiger partial charge on any atom is -0.339 e. The molecular weight excluding hydrogens is 297 g/mol. The van der Waals surface area contributed by atoms with Crippen molar-refractivity contribution >= 4 is 17.5 Å². The summed E-state index contributed by atoms with van der Waals surface area (Å²) in [7, 11) is 0. The minimum absolute atomic E-state index is 0.0813. The van der Waals surface area contributed by atoms with Crippen LogP contribution in [0.1, 0.15) is 19.8 Å². The van der Waals surface area contributed by atoms with E-state index in [9.17, 15) is 14.0 Å². The van der Waals surface area contributed by atoms with Crippen molar-refractivity contribution in [3.05, 3.63) is 30.1 Å². The van der Waals surface area contributed by atoms with Crippen molar-refractivity contribution in [1.29, 1.82) is 0 Å². The number of carbonyl (C=O) groups is 2. The maximum atomic E-state index is 13.2. The zero-order valence-corrected chi connectivity index (χ0v) is 13.3. The smallest absolute Gasteiger partial charge is 0.240 e. The van der Waals surface area contributed by atoms with Gasteiger partial charge in [-0.15, -0.1) is 0 Å². The molecule has 1 N–H and O–H groups in total. The molecule has 1 saturated heterocycles. The second-order valence-electron chi connectivity index (χ2n) is 6.27. The molecule has 124 valence electrons. The first-order chi connectivity index (χ1) is 11.0. The van der Waals surface area contributed by atoms with Gasteiger partial charge in [-0.05, 0) is 37.6 Å². The van der Waals surface area contributed by atoms with E-state index in [1.165, 1.54) is 18.2 Å². The number of nitrogens with zero attached hydrogens (tertiary/aromatic N) is 2. The number of likely N-dealkylation sites (N-methyl/N-ethyl adjacent to an activating group) is 1. The molecule has 1 heterocycles. The normalized spacial score (nSPS) is 20.2. The third-order valence-electron chi connectivity index (χ3n) is 4.78. The Morgan fingerprint density at radius 1 is 1.22 bits per heavy atom. The summed E-state index contributed by atoms with van der Waals surface area (Å²) in [5, 5.41) is 2.69. The minimum atomic E-state index is -0.944. The Kier molecular flexibility index (Phi) is 4.35. The molecule has 1 aromatic rings. The highest BCUT2D eigenvalue weighted by atomic mass is 19.1. The number of benzene rings is 1. The van der Waals surface area contributed by atoms with Crippen molar-refractivity contribution in [3.63, 3.8) is 0 Å². The van der Waals surface area contributed by atoms with Crippen LogP contribution in [0.2, 0.25) is 0 Å². The van der Waals surface area contributed by atoms with Crippen LogP contribution < -0.4 is 5.32 Å². The lowest BCUT2D eigenvalue weighted by atomic mass is 10.0. The first-order valence-electron chi connectivity index (χ1n) is 8.14. The molecular formula is C17H22FN3O2. The predicted molar refractivity (Wildman–Crippen MR) is 85.4 cm³/mol. The van der Waals surface area contributed by atoms with Crippen LogP contribution in [0.25, 0.3) is 0 Å². The van der Waals surface area contributed by atoms with Crippen LogP contribution in [0.15, 0.2) is 24.3 Å². The van der Waals surface area contributed by atoms with Gasteiger partial charge >= 0.3 is 0 Å². The third-order valence-corrected chi connectivity index (χ3v) is 4.78. The van der Waals surface area contributed by atoms with E-state index >= 15 is 0 Å². The van der Waals surface area contributed by atoms with E-state index in [1.54, 1.807) is 11.0 Å². The Hall–Kier alpha value is -1.95. The molecule has 0 radical (unpaired) electrons. The summed E-state index contributed by atoms with van der Waals surface area (Å²) in [5.74, 6) is -0.803. The van der Waals surface area contributed by atoms with Crippen LogP contribution in [-0.4, -0.2) is 54.3 Å². The summed E-state index contributed by atoms with van der Waals surface area (Å²) in [6.07, 6.45) is 1.14. The quantitative estimate of drug-likeness (QED) is 0.860. The van der Waals surface area contributed by atoms with Crippen molar-refractivity contribution in [2.45, 2.75) is 19.8 Å². The van der Waals surface area contributed by atoms with Gasteiger partial charge in [0.1, 0.15) is 11.2 Å². The molecule has 0 aromatic heterocycles. The van der Waals surface area contributed by atoms with Gasteiger partial charge in [0, 0.05) is 31.9 Å². The molecule has 3 rings (SSSR count).